The highest BCUT2D eigenvalue weighted by Crippen LogP contribution is 2.30. The van der Waals surface area contributed by atoms with E-state index in [2.05, 4.69) is 39.5 Å². The van der Waals surface area contributed by atoms with Crippen molar-refractivity contribution in [3.05, 3.63) is 47.0 Å². The summed E-state index contributed by atoms with van der Waals surface area (Å²) in [5.74, 6) is 0. The van der Waals surface area contributed by atoms with Crippen molar-refractivity contribution >= 4 is 40.4 Å². The molecule has 2 aromatic carbocycles. The van der Waals surface area contributed by atoms with Crippen LogP contribution in [0.25, 0.3) is 0 Å². The van der Waals surface area contributed by atoms with Crippen LogP contribution in [-0.2, 0) is 0 Å². The van der Waals surface area contributed by atoms with Gasteiger partial charge in [-0.25, -0.2) is 4.79 Å². The summed E-state index contributed by atoms with van der Waals surface area (Å²) in [6.07, 6.45) is 3.86. The van der Waals surface area contributed by atoms with E-state index in [-0.39, 0.29) is 6.03 Å². The van der Waals surface area contributed by atoms with E-state index in [4.69, 9.17) is 17.3 Å². The van der Waals surface area contributed by atoms with E-state index in [1.54, 1.807) is 18.2 Å². The molecule has 0 aromatic heterocycles. The maximum atomic E-state index is 12.4. The van der Waals surface area contributed by atoms with Crippen molar-refractivity contribution in [2.24, 2.45) is 0 Å². The van der Waals surface area contributed by atoms with Crippen molar-refractivity contribution in [3.8, 4) is 0 Å². The Kier molecular flexibility index (Phi) is 6.06. The van der Waals surface area contributed by atoms with E-state index in [0.29, 0.717) is 28.5 Å². The first-order valence-electron chi connectivity index (χ1n) is 10.6. The van der Waals surface area contributed by atoms with Gasteiger partial charge in [-0.05, 0) is 81.6 Å². The predicted molar refractivity (Wildman–Crippen MR) is 126 cm³/mol. The lowest BCUT2D eigenvalue weighted by Gasteiger charge is -2.28. The Labute approximate surface area is 183 Å². The molecule has 6 nitrogen and oxygen atoms in total. The molecule has 0 aliphatic carbocycles. The zero-order valence-electron chi connectivity index (χ0n) is 17.6. The number of likely N-dealkylation sites (tertiary alicyclic amines) is 1. The zero-order valence-corrected chi connectivity index (χ0v) is 18.4. The topological polar surface area (TPSA) is 73.6 Å². The average molecular weight is 428 g/mol. The molecule has 2 atom stereocenters. The largest absolute Gasteiger partial charge is 0.399 e. The number of nitrogens with zero attached hydrogens (tertiary/aromatic N) is 2. The maximum absolute atomic E-state index is 12.4. The fourth-order valence-electron chi connectivity index (χ4n) is 4.70. The van der Waals surface area contributed by atoms with Crippen LogP contribution in [0.15, 0.2) is 36.4 Å². The van der Waals surface area contributed by atoms with Gasteiger partial charge in [0.15, 0.2) is 0 Å². The highest BCUT2D eigenvalue weighted by atomic mass is 35.5. The summed E-state index contributed by atoms with van der Waals surface area (Å²) in [6.45, 7) is 7.76. The number of anilines is 4. The standard InChI is InChI=1S/C23H30ClN5O/c1-15-10-20(28-9-7-21(14-28)29-8-3-4-16(29)2)5-6-22(15)27-23(30)26-19-12-17(24)11-18(25)13-19/h5-6,10-13,16,21H,3-4,7-9,14,25H2,1-2H3,(H2,26,27,30). The third-order valence-electron chi connectivity index (χ3n) is 6.24. The van der Waals surface area contributed by atoms with Gasteiger partial charge in [0.2, 0.25) is 0 Å². The van der Waals surface area contributed by atoms with Crippen LogP contribution in [0.1, 0.15) is 31.7 Å². The van der Waals surface area contributed by atoms with Crippen LogP contribution >= 0.6 is 11.6 Å². The SMILES string of the molecule is Cc1cc(N2CCC(N3CCCC3C)C2)ccc1NC(=O)Nc1cc(N)cc(Cl)c1. The molecule has 160 valence electrons. The fourth-order valence-corrected chi connectivity index (χ4v) is 4.94. The van der Waals surface area contributed by atoms with Crippen molar-refractivity contribution in [3.63, 3.8) is 0 Å². The van der Waals surface area contributed by atoms with E-state index < -0.39 is 0 Å². The van der Waals surface area contributed by atoms with Gasteiger partial charge in [0.1, 0.15) is 0 Å². The second kappa shape index (κ2) is 8.74. The molecule has 2 heterocycles. The van der Waals surface area contributed by atoms with Gasteiger partial charge in [-0.3, -0.25) is 4.90 Å². The Balaban J connectivity index is 1.38. The fraction of sp³-hybridized carbons (Fsp3) is 0.435. The molecule has 4 rings (SSSR count). The molecule has 4 N–H and O–H groups in total. The summed E-state index contributed by atoms with van der Waals surface area (Å²) >= 11 is 6.00. The molecular formula is C23H30ClN5O. The number of halogens is 1. The molecule has 7 heteroatoms. The minimum atomic E-state index is -0.322. The summed E-state index contributed by atoms with van der Waals surface area (Å²) in [6, 6.07) is 12.2. The predicted octanol–water partition coefficient (Wildman–Crippen LogP) is 4.94. The average Bonchev–Trinajstić information content (AvgIpc) is 3.31. The van der Waals surface area contributed by atoms with Crippen LogP contribution < -0.4 is 21.3 Å². The first-order chi connectivity index (χ1) is 14.4. The van der Waals surface area contributed by atoms with Crippen LogP contribution in [-0.4, -0.2) is 42.6 Å². The number of nitrogens with one attached hydrogen (secondary N) is 2. The van der Waals surface area contributed by atoms with Crippen LogP contribution in [0.5, 0.6) is 0 Å². The van der Waals surface area contributed by atoms with E-state index in [1.165, 1.54) is 31.5 Å². The molecule has 0 saturated carbocycles. The van der Waals surface area contributed by atoms with Crippen molar-refractivity contribution in [1.29, 1.82) is 0 Å². The molecule has 2 aromatic rings. The lowest BCUT2D eigenvalue weighted by atomic mass is 10.1. The smallest absolute Gasteiger partial charge is 0.323 e. The van der Waals surface area contributed by atoms with E-state index in [9.17, 15) is 4.79 Å². The third-order valence-corrected chi connectivity index (χ3v) is 6.46. The van der Waals surface area contributed by atoms with Gasteiger partial charge in [0.25, 0.3) is 0 Å². The van der Waals surface area contributed by atoms with Gasteiger partial charge in [-0.2, -0.15) is 0 Å². The lowest BCUT2D eigenvalue weighted by Crippen LogP contribution is -2.39. The quantitative estimate of drug-likeness (QED) is 0.604. The van der Waals surface area contributed by atoms with Crippen LogP contribution in [0.3, 0.4) is 0 Å². The Morgan fingerprint density at radius 3 is 2.67 bits per heavy atom. The molecule has 2 fully saturated rings. The minimum Gasteiger partial charge on any atom is -0.399 e. The number of carbonyl (C=O) groups is 1. The number of amides is 2. The van der Waals surface area contributed by atoms with Crippen molar-refractivity contribution in [2.75, 3.05) is 40.9 Å². The van der Waals surface area contributed by atoms with Crippen molar-refractivity contribution in [1.82, 2.24) is 4.90 Å². The second-order valence-electron chi connectivity index (χ2n) is 8.47. The molecule has 2 amide bonds. The van der Waals surface area contributed by atoms with Gasteiger partial charge >= 0.3 is 6.03 Å². The van der Waals surface area contributed by atoms with E-state index in [1.807, 2.05) is 13.0 Å². The Hall–Kier alpha value is -2.44. The highest BCUT2D eigenvalue weighted by Gasteiger charge is 2.32. The first kappa shape index (κ1) is 20.8. The number of nitrogens with two attached hydrogens (primary N) is 1. The molecule has 2 aliphatic heterocycles. The Morgan fingerprint density at radius 2 is 1.97 bits per heavy atom. The number of hydrogen-bond donors (Lipinski definition) is 3. The van der Waals surface area contributed by atoms with Crippen molar-refractivity contribution in [2.45, 2.75) is 45.2 Å². The molecule has 0 bridgehead atoms. The van der Waals surface area contributed by atoms with Gasteiger partial charge in [-0.1, -0.05) is 11.6 Å². The molecule has 2 aliphatic rings. The van der Waals surface area contributed by atoms with Crippen molar-refractivity contribution < 1.29 is 4.79 Å². The van der Waals surface area contributed by atoms with Crippen LogP contribution in [0.4, 0.5) is 27.5 Å². The number of urea groups is 1. The Bertz CT molecular complexity index is 914. The zero-order chi connectivity index (χ0) is 21.3. The summed E-state index contributed by atoms with van der Waals surface area (Å²) in [5.41, 5.74) is 9.89. The Morgan fingerprint density at radius 1 is 1.13 bits per heavy atom. The number of carbonyl (C=O) groups excluding carboxylic acids is 1. The summed E-state index contributed by atoms with van der Waals surface area (Å²) in [7, 11) is 0. The lowest BCUT2D eigenvalue weighted by molar-refractivity contribution is 0.204. The van der Waals surface area contributed by atoms with Crippen LogP contribution in [0.2, 0.25) is 5.02 Å². The highest BCUT2D eigenvalue weighted by molar-refractivity contribution is 6.31. The van der Waals surface area contributed by atoms with E-state index in [0.717, 1.165) is 24.3 Å². The normalized spacial score (nSPS) is 21.8. The molecular weight excluding hydrogens is 398 g/mol. The van der Waals surface area contributed by atoms with Gasteiger partial charge in [-0.15, -0.1) is 0 Å². The van der Waals surface area contributed by atoms with Gasteiger partial charge in [0, 0.05) is 52.9 Å². The monoisotopic (exact) mass is 427 g/mol. The van der Waals surface area contributed by atoms with E-state index >= 15 is 0 Å². The molecule has 0 spiro atoms. The number of nitrogen functional groups attached to an aromatic ring is 1. The molecule has 30 heavy (non-hydrogen) atoms. The molecule has 0 radical (unpaired) electrons. The van der Waals surface area contributed by atoms with Gasteiger partial charge in [0.05, 0.1) is 0 Å². The number of benzene rings is 2. The number of rotatable bonds is 4. The van der Waals surface area contributed by atoms with Crippen LogP contribution in [0, 0.1) is 6.92 Å². The summed E-state index contributed by atoms with van der Waals surface area (Å²) in [5, 5.41) is 6.18. The number of hydrogen-bond acceptors (Lipinski definition) is 4. The molecule has 2 unspecified atom stereocenters. The third kappa shape index (κ3) is 4.65. The van der Waals surface area contributed by atoms with Gasteiger partial charge < -0.3 is 21.3 Å². The first-order valence-corrected chi connectivity index (χ1v) is 11.0. The molecule has 2 saturated heterocycles. The second-order valence-corrected chi connectivity index (χ2v) is 8.91. The minimum absolute atomic E-state index is 0.322. The summed E-state index contributed by atoms with van der Waals surface area (Å²) in [4.78, 5) is 17.5. The number of aryl methyl sites for hydroxylation is 1. The maximum Gasteiger partial charge on any atom is 0.323 e. The summed E-state index contributed by atoms with van der Waals surface area (Å²) < 4.78 is 0.